The Labute approximate surface area is 157 Å². The standard InChI is InChI=1S/C19H21ClN2O4/c1-12(22-19(24)15-6-4-5-7-16(15)20)18(23)21-11-13-10-14(25-2)8-9-17(13)26-3/h4-10,12H,11H2,1-3H3,(H,21,23)(H,22,24). The van der Waals surface area contributed by atoms with Crippen molar-refractivity contribution in [3.8, 4) is 11.5 Å². The van der Waals surface area contributed by atoms with Gasteiger partial charge in [-0.2, -0.15) is 0 Å². The number of hydrogen-bond acceptors (Lipinski definition) is 4. The van der Waals surface area contributed by atoms with Crippen LogP contribution in [0.1, 0.15) is 22.8 Å². The Morgan fingerprint density at radius 1 is 1.12 bits per heavy atom. The second-order valence-corrected chi connectivity index (χ2v) is 5.98. The normalized spacial score (nSPS) is 11.4. The lowest BCUT2D eigenvalue weighted by Crippen LogP contribution is -2.44. The minimum atomic E-state index is -0.727. The third kappa shape index (κ3) is 4.89. The molecule has 1 unspecified atom stereocenters. The summed E-state index contributed by atoms with van der Waals surface area (Å²) in [5.41, 5.74) is 1.09. The highest BCUT2D eigenvalue weighted by molar-refractivity contribution is 6.33. The first-order valence-corrected chi connectivity index (χ1v) is 8.38. The van der Waals surface area contributed by atoms with Crippen molar-refractivity contribution in [1.29, 1.82) is 0 Å². The Bertz CT molecular complexity index is 795. The van der Waals surface area contributed by atoms with E-state index in [1.165, 1.54) is 0 Å². The Balaban J connectivity index is 1.97. The molecule has 2 aromatic rings. The number of rotatable bonds is 7. The van der Waals surface area contributed by atoms with Crippen LogP contribution in [0.2, 0.25) is 5.02 Å². The van der Waals surface area contributed by atoms with E-state index < -0.39 is 11.9 Å². The summed E-state index contributed by atoms with van der Waals surface area (Å²) in [6.07, 6.45) is 0. The number of carbonyl (C=O) groups excluding carboxylic acids is 2. The van der Waals surface area contributed by atoms with Gasteiger partial charge in [0.15, 0.2) is 0 Å². The van der Waals surface area contributed by atoms with Crippen LogP contribution < -0.4 is 20.1 Å². The Kier molecular flexibility index (Phi) is 6.86. The van der Waals surface area contributed by atoms with Gasteiger partial charge in [-0.15, -0.1) is 0 Å². The summed E-state index contributed by atoms with van der Waals surface area (Å²) in [6.45, 7) is 1.85. The highest BCUT2D eigenvalue weighted by atomic mass is 35.5. The SMILES string of the molecule is COc1ccc(OC)c(CNC(=O)C(C)NC(=O)c2ccccc2Cl)c1. The van der Waals surface area contributed by atoms with Gasteiger partial charge < -0.3 is 20.1 Å². The van der Waals surface area contributed by atoms with E-state index in [2.05, 4.69) is 10.6 Å². The molecule has 0 fully saturated rings. The molecule has 0 saturated heterocycles. The number of halogens is 1. The van der Waals surface area contributed by atoms with Crippen LogP contribution in [0.5, 0.6) is 11.5 Å². The monoisotopic (exact) mass is 376 g/mol. The summed E-state index contributed by atoms with van der Waals surface area (Å²) >= 11 is 6.00. The highest BCUT2D eigenvalue weighted by Gasteiger charge is 2.18. The van der Waals surface area contributed by atoms with E-state index in [1.54, 1.807) is 63.6 Å². The first-order valence-electron chi connectivity index (χ1n) is 8.00. The summed E-state index contributed by atoms with van der Waals surface area (Å²) in [6, 6.07) is 11.3. The lowest BCUT2D eigenvalue weighted by molar-refractivity contribution is -0.122. The van der Waals surface area contributed by atoms with Crippen molar-refractivity contribution in [2.24, 2.45) is 0 Å². The molecule has 2 amide bonds. The van der Waals surface area contributed by atoms with Crippen LogP contribution in [-0.4, -0.2) is 32.1 Å². The molecule has 7 heteroatoms. The van der Waals surface area contributed by atoms with E-state index in [0.717, 1.165) is 5.56 Å². The second-order valence-electron chi connectivity index (χ2n) is 5.57. The molecule has 26 heavy (non-hydrogen) atoms. The van der Waals surface area contributed by atoms with Crippen molar-refractivity contribution in [3.63, 3.8) is 0 Å². The zero-order valence-corrected chi connectivity index (χ0v) is 15.6. The first kappa shape index (κ1) is 19.6. The van der Waals surface area contributed by atoms with Crippen LogP contribution in [0, 0.1) is 0 Å². The molecule has 6 nitrogen and oxygen atoms in total. The summed E-state index contributed by atoms with van der Waals surface area (Å²) in [4.78, 5) is 24.5. The number of nitrogens with one attached hydrogen (secondary N) is 2. The van der Waals surface area contributed by atoms with Crippen LogP contribution in [0.25, 0.3) is 0 Å². The molecule has 138 valence electrons. The number of ether oxygens (including phenoxy) is 2. The van der Waals surface area contributed by atoms with Crippen molar-refractivity contribution in [3.05, 3.63) is 58.6 Å². The summed E-state index contributed by atoms with van der Waals surface area (Å²) in [5.74, 6) is 0.571. The predicted molar refractivity (Wildman–Crippen MR) is 99.8 cm³/mol. The zero-order chi connectivity index (χ0) is 19.1. The average Bonchev–Trinajstić information content (AvgIpc) is 2.65. The van der Waals surface area contributed by atoms with E-state index in [0.29, 0.717) is 22.1 Å². The predicted octanol–water partition coefficient (Wildman–Crippen LogP) is 2.79. The third-order valence-corrected chi connectivity index (χ3v) is 4.13. The summed E-state index contributed by atoms with van der Waals surface area (Å²) in [5, 5.41) is 5.74. The maximum atomic E-state index is 12.3. The topological polar surface area (TPSA) is 76.7 Å². The maximum Gasteiger partial charge on any atom is 0.253 e. The zero-order valence-electron chi connectivity index (χ0n) is 14.8. The molecule has 1 atom stereocenters. The number of hydrogen-bond donors (Lipinski definition) is 2. The quantitative estimate of drug-likeness (QED) is 0.779. The van der Waals surface area contributed by atoms with Gasteiger partial charge in [0, 0.05) is 12.1 Å². The molecular weight excluding hydrogens is 356 g/mol. The van der Waals surface area contributed by atoms with Crippen molar-refractivity contribution in [2.75, 3.05) is 14.2 Å². The molecule has 2 aromatic carbocycles. The van der Waals surface area contributed by atoms with Crippen molar-refractivity contribution >= 4 is 23.4 Å². The Morgan fingerprint density at radius 3 is 2.50 bits per heavy atom. The smallest absolute Gasteiger partial charge is 0.253 e. The largest absolute Gasteiger partial charge is 0.497 e. The molecule has 0 aliphatic heterocycles. The van der Waals surface area contributed by atoms with Crippen LogP contribution in [-0.2, 0) is 11.3 Å². The fraction of sp³-hybridized carbons (Fsp3) is 0.263. The van der Waals surface area contributed by atoms with Crippen molar-refractivity contribution in [2.45, 2.75) is 19.5 Å². The van der Waals surface area contributed by atoms with E-state index >= 15 is 0 Å². The van der Waals surface area contributed by atoms with Gasteiger partial charge in [-0.3, -0.25) is 9.59 Å². The third-order valence-electron chi connectivity index (χ3n) is 3.80. The first-order chi connectivity index (χ1) is 12.5. The molecule has 0 bridgehead atoms. The number of carbonyl (C=O) groups is 2. The van der Waals surface area contributed by atoms with Gasteiger partial charge in [0.25, 0.3) is 5.91 Å². The minimum absolute atomic E-state index is 0.242. The van der Waals surface area contributed by atoms with E-state index in [1.807, 2.05) is 0 Å². The fourth-order valence-electron chi connectivity index (χ4n) is 2.34. The van der Waals surface area contributed by atoms with Crippen LogP contribution >= 0.6 is 11.6 Å². The van der Waals surface area contributed by atoms with Gasteiger partial charge in [0.2, 0.25) is 5.91 Å². The van der Waals surface area contributed by atoms with Gasteiger partial charge in [0.1, 0.15) is 17.5 Å². The van der Waals surface area contributed by atoms with E-state index in [9.17, 15) is 9.59 Å². The van der Waals surface area contributed by atoms with Crippen LogP contribution in [0.15, 0.2) is 42.5 Å². The molecular formula is C19H21ClN2O4. The van der Waals surface area contributed by atoms with Crippen LogP contribution in [0.4, 0.5) is 0 Å². The van der Waals surface area contributed by atoms with Gasteiger partial charge in [-0.25, -0.2) is 0 Å². The summed E-state index contributed by atoms with van der Waals surface area (Å²) in [7, 11) is 3.12. The molecule has 0 saturated carbocycles. The molecule has 2 rings (SSSR count). The number of amides is 2. The average molecular weight is 377 g/mol. The van der Waals surface area contributed by atoms with E-state index in [4.69, 9.17) is 21.1 Å². The van der Waals surface area contributed by atoms with Gasteiger partial charge in [0.05, 0.1) is 24.8 Å². The van der Waals surface area contributed by atoms with Gasteiger partial charge in [-0.1, -0.05) is 23.7 Å². The molecule has 0 spiro atoms. The van der Waals surface area contributed by atoms with E-state index in [-0.39, 0.29) is 12.5 Å². The Hall–Kier alpha value is -2.73. The lowest BCUT2D eigenvalue weighted by atomic mass is 10.1. The molecule has 0 radical (unpaired) electrons. The molecule has 2 N–H and O–H groups in total. The maximum absolute atomic E-state index is 12.3. The number of benzene rings is 2. The highest BCUT2D eigenvalue weighted by Crippen LogP contribution is 2.23. The Morgan fingerprint density at radius 2 is 1.85 bits per heavy atom. The van der Waals surface area contributed by atoms with Gasteiger partial charge >= 0.3 is 0 Å². The molecule has 0 aliphatic carbocycles. The van der Waals surface area contributed by atoms with Gasteiger partial charge in [-0.05, 0) is 37.3 Å². The van der Waals surface area contributed by atoms with Crippen molar-refractivity contribution in [1.82, 2.24) is 10.6 Å². The molecule has 0 aliphatic rings. The van der Waals surface area contributed by atoms with Crippen molar-refractivity contribution < 1.29 is 19.1 Å². The fourth-order valence-corrected chi connectivity index (χ4v) is 2.56. The minimum Gasteiger partial charge on any atom is -0.497 e. The summed E-state index contributed by atoms with van der Waals surface area (Å²) < 4.78 is 10.5. The lowest BCUT2D eigenvalue weighted by Gasteiger charge is -2.16. The van der Waals surface area contributed by atoms with Crippen LogP contribution in [0.3, 0.4) is 0 Å². The molecule has 0 aromatic heterocycles. The second kappa shape index (κ2) is 9.10. The number of methoxy groups -OCH3 is 2. The molecule has 0 heterocycles.